The van der Waals surface area contributed by atoms with Gasteiger partial charge in [0.2, 0.25) is 0 Å². The number of ether oxygens (including phenoxy) is 2. The van der Waals surface area contributed by atoms with Crippen LogP contribution < -0.4 is 0 Å². The standard InChI is InChI=1S/C31H38N2O4/c1-23(2)33-24(3)30(27-17-11-6-12-18-27)37-31(35)32(33)20-28(19-25-13-7-4-8-14-25)29(34)22-36-21-26-15-9-5-10-16-26/h4-18,23-24,28-30,34H,19-22H2,1-3H3/t24-,28-,29+,30-/m0/s1. The van der Waals surface area contributed by atoms with Gasteiger partial charge in [0.1, 0.15) is 6.10 Å². The average molecular weight is 503 g/mol. The van der Waals surface area contributed by atoms with Crippen LogP contribution in [0.1, 0.15) is 43.6 Å². The van der Waals surface area contributed by atoms with Gasteiger partial charge in [0.25, 0.3) is 0 Å². The van der Waals surface area contributed by atoms with E-state index in [2.05, 4.69) is 25.8 Å². The second kappa shape index (κ2) is 12.9. The lowest BCUT2D eigenvalue weighted by Gasteiger charge is -2.49. The molecule has 196 valence electrons. The van der Waals surface area contributed by atoms with Gasteiger partial charge in [0, 0.05) is 18.5 Å². The lowest BCUT2D eigenvalue weighted by molar-refractivity contribution is -0.159. The number of rotatable bonds is 11. The highest BCUT2D eigenvalue weighted by atomic mass is 16.6. The van der Waals surface area contributed by atoms with Crippen LogP contribution in [0, 0.1) is 5.92 Å². The van der Waals surface area contributed by atoms with Crippen LogP contribution in [0.15, 0.2) is 91.0 Å². The van der Waals surface area contributed by atoms with Crippen molar-refractivity contribution in [1.82, 2.24) is 10.0 Å². The Bertz CT molecular complexity index is 1090. The fourth-order valence-corrected chi connectivity index (χ4v) is 5.10. The summed E-state index contributed by atoms with van der Waals surface area (Å²) in [6.45, 7) is 7.18. The Morgan fingerprint density at radius 3 is 2.05 bits per heavy atom. The monoisotopic (exact) mass is 502 g/mol. The molecule has 3 aromatic rings. The molecule has 1 heterocycles. The van der Waals surface area contributed by atoms with Crippen LogP contribution in [0.3, 0.4) is 0 Å². The molecule has 4 rings (SSSR count). The van der Waals surface area contributed by atoms with Crippen LogP contribution in [-0.4, -0.2) is 52.6 Å². The number of hydrogen-bond donors (Lipinski definition) is 1. The quantitative estimate of drug-likeness (QED) is 0.368. The van der Waals surface area contributed by atoms with Crippen LogP contribution in [0.5, 0.6) is 0 Å². The largest absolute Gasteiger partial charge is 0.439 e. The highest BCUT2D eigenvalue weighted by molar-refractivity contribution is 5.68. The molecule has 1 fully saturated rings. The number of hydrogen-bond acceptors (Lipinski definition) is 5. The highest BCUT2D eigenvalue weighted by Crippen LogP contribution is 2.33. The lowest BCUT2D eigenvalue weighted by atomic mass is 9.93. The van der Waals surface area contributed by atoms with Gasteiger partial charge < -0.3 is 14.6 Å². The number of benzene rings is 3. The summed E-state index contributed by atoms with van der Waals surface area (Å²) in [7, 11) is 0. The maximum Gasteiger partial charge on any atom is 0.425 e. The average Bonchev–Trinajstić information content (AvgIpc) is 2.91. The van der Waals surface area contributed by atoms with Gasteiger partial charge in [-0.2, -0.15) is 0 Å². The minimum absolute atomic E-state index is 0.0658. The molecular formula is C31H38N2O4. The van der Waals surface area contributed by atoms with Crippen molar-refractivity contribution in [1.29, 1.82) is 0 Å². The molecule has 0 spiro atoms. The minimum Gasteiger partial charge on any atom is -0.439 e. The molecule has 0 saturated carbocycles. The maximum absolute atomic E-state index is 13.4. The van der Waals surface area contributed by atoms with Gasteiger partial charge in [-0.15, -0.1) is 0 Å². The van der Waals surface area contributed by atoms with E-state index in [9.17, 15) is 9.90 Å². The number of nitrogens with zero attached hydrogens (tertiary/aromatic N) is 2. The molecule has 6 heteroatoms. The van der Waals surface area contributed by atoms with Crippen molar-refractivity contribution in [2.45, 2.75) is 58.1 Å². The molecule has 1 aliphatic heterocycles. The number of hydrazine groups is 1. The number of cyclic esters (lactones) is 1. The smallest absolute Gasteiger partial charge is 0.425 e. The fraction of sp³-hybridized carbons (Fsp3) is 0.387. The van der Waals surface area contributed by atoms with Crippen LogP contribution in [-0.2, 0) is 22.5 Å². The Balaban J connectivity index is 1.51. The number of carbonyl (C=O) groups is 1. The van der Waals surface area contributed by atoms with E-state index in [0.29, 0.717) is 19.6 Å². The zero-order valence-corrected chi connectivity index (χ0v) is 21.9. The molecule has 6 nitrogen and oxygen atoms in total. The Labute approximate surface area is 220 Å². The third-order valence-corrected chi connectivity index (χ3v) is 6.92. The van der Waals surface area contributed by atoms with E-state index in [1.807, 2.05) is 91.0 Å². The lowest BCUT2D eigenvalue weighted by Crippen LogP contribution is -2.62. The molecule has 0 aromatic heterocycles. The molecule has 37 heavy (non-hydrogen) atoms. The first-order valence-corrected chi connectivity index (χ1v) is 13.1. The van der Waals surface area contributed by atoms with Gasteiger partial charge in [-0.05, 0) is 43.9 Å². The first-order valence-electron chi connectivity index (χ1n) is 13.1. The van der Waals surface area contributed by atoms with Crippen molar-refractivity contribution in [3.05, 3.63) is 108 Å². The van der Waals surface area contributed by atoms with E-state index in [0.717, 1.165) is 16.7 Å². The zero-order chi connectivity index (χ0) is 26.2. The van der Waals surface area contributed by atoms with Crippen molar-refractivity contribution in [2.75, 3.05) is 13.2 Å². The second-order valence-electron chi connectivity index (χ2n) is 10.0. The minimum atomic E-state index is -0.757. The molecule has 0 radical (unpaired) electrons. The Kier molecular flexibility index (Phi) is 9.34. The Morgan fingerprint density at radius 1 is 0.892 bits per heavy atom. The molecule has 1 saturated heterocycles. The van der Waals surface area contributed by atoms with E-state index >= 15 is 0 Å². The van der Waals surface area contributed by atoms with Gasteiger partial charge in [-0.1, -0.05) is 91.0 Å². The molecule has 0 aliphatic carbocycles. The van der Waals surface area contributed by atoms with E-state index in [1.165, 1.54) is 0 Å². The van der Waals surface area contributed by atoms with Crippen LogP contribution in [0.4, 0.5) is 4.79 Å². The summed E-state index contributed by atoms with van der Waals surface area (Å²) in [5.74, 6) is -0.243. The van der Waals surface area contributed by atoms with E-state index in [4.69, 9.17) is 9.47 Å². The van der Waals surface area contributed by atoms with E-state index in [1.54, 1.807) is 5.01 Å². The third kappa shape index (κ3) is 6.98. The summed E-state index contributed by atoms with van der Waals surface area (Å²) in [4.78, 5) is 13.4. The topological polar surface area (TPSA) is 62.2 Å². The van der Waals surface area contributed by atoms with Crippen LogP contribution >= 0.6 is 0 Å². The SMILES string of the molecule is CC(C)N1[C@@H](C)[C@@H](c2ccccc2)OC(=O)N1C[C@H](Cc1ccccc1)[C@H](O)COCc1ccccc1. The summed E-state index contributed by atoms with van der Waals surface area (Å²) in [5, 5.41) is 15.0. The van der Waals surface area contributed by atoms with Gasteiger partial charge in [0.15, 0.2) is 0 Å². The van der Waals surface area contributed by atoms with Crippen molar-refractivity contribution in [2.24, 2.45) is 5.92 Å². The second-order valence-corrected chi connectivity index (χ2v) is 10.0. The number of aliphatic hydroxyl groups is 1. The predicted octanol–water partition coefficient (Wildman–Crippen LogP) is 5.63. The van der Waals surface area contributed by atoms with Crippen molar-refractivity contribution >= 4 is 6.09 Å². The molecular weight excluding hydrogens is 464 g/mol. The maximum atomic E-state index is 13.4. The van der Waals surface area contributed by atoms with Gasteiger partial charge in [-0.3, -0.25) is 0 Å². The summed E-state index contributed by atoms with van der Waals surface area (Å²) in [6, 6.07) is 29.9. The first kappa shape index (κ1) is 26.9. The van der Waals surface area contributed by atoms with Gasteiger partial charge in [-0.25, -0.2) is 14.8 Å². The molecule has 1 N–H and O–H groups in total. The zero-order valence-electron chi connectivity index (χ0n) is 21.9. The van der Waals surface area contributed by atoms with Crippen LogP contribution in [0.25, 0.3) is 0 Å². The van der Waals surface area contributed by atoms with Crippen molar-refractivity contribution in [3.8, 4) is 0 Å². The van der Waals surface area contributed by atoms with Gasteiger partial charge >= 0.3 is 6.09 Å². The van der Waals surface area contributed by atoms with Crippen molar-refractivity contribution < 1.29 is 19.4 Å². The van der Waals surface area contributed by atoms with Gasteiger partial charge in [0.05, 0.1) is 25.4 Å². The summed E-state index contributed by atoms with van der Waals surface area (Å²) >= 11 is 0. The van der Waals surface area contributed by atoms with E-state index < -0.39 is 12.2 Å². The molecule has 0 unspecified atom stereocenters. The Morgan fingerprint density at radius 2 is 1.46 bits per heavy atom. The molecule has 0 bridgehead atoms. The predicted molar refractivity (Wildman–Crippen MR) is 145 cm³/mol. The number of aliphatic hydroxyl groups excluding tert-OH is 1. The molecule has 1 aliphatic rings. The fourth-order valence-electron chi connectivity index (χ4n) is 5.10. The number of carbonyl (C=O) groups excluding carboxylic acids is 1. The third-order valence-electron chi connectivity index (χ3n) is 6.92. The molecule has 3 aromatic carbocycles. The van der Waals surface area contributed by atoms with E-state index in [-0.39, 0.29) is 30.7 Å². The summed E-state index contributed by atoms with van der Waals surface area (Å²) in [5.41, 5.74) is 3.14. The Hall–Kier alpha value is -3.19. The highest BCUT2D eigenvalue weighted by Gasteiger charge is 2.43. The first-order chi connectivity index (χ1) is 17.9. The summed E-state index contributed by atoms with van der Waals surface area (Å²) in [6.07, 6.45) is -0.897. The summed E-state index contributed by atoms with van der Waals surface area (Å²) < 4.78 is 11.9. The number of amides is 1. The van der Waals surface area contributed by atoms with Crippen LogP contribution in [0.2, 0.25) is 0 Å². The molecule has 4 atom stereocenters. The van der Waals surface area contributed by atoms with Crippen molar-refractivity contribution in [3.63, 3.8) is 0 Å². The normalized spacial score (nSPS) is 20.0. The molecule has 1 amide bonds.